The number of hydrogen-bond acceptors (Lipinski definition) is 4. The van der Waals surface area contributed by atoms with Crippen LogP contribution in [0.3, 0.4) is 0 Å². The molecule has 0 spiro atoms. The van der Waals surface area contributed by atoms with Crippen LogP contribution in [0, 0.1) is 5.92 Å². The SMILES string of the molecule is CCNC(=NCC1COc2ccccc2O1)N1CCC(COCc2ccccc2)C1. The number of likely N-dealkylation sites (tertiary alicyclic amines) is 1. The summed E-state index contributed by atoms with van der Waals surface area (Å²) < 4.78 is 17.8. The summed E-state index contributed by atoms with van der Waals surface area (Å²) in [5.41, 5.74) is 1.22. The fourth-order valence-corrected chi connectivity index (χ4v) is 3.85. The summed E-state index contributed by atoms with van der Waals surface area (Å²) in [7, 11) is 0. The second-order valence-corrected chi connectivity index (χ2v) is 7.79. The molecule has 0 aliphatic carbocycles. The molecule has 1 N–H and O–H groups in total. The maximum absolute atomic E-state index is 6.04. The molecule has 0 aromatic heterocycles. The minimum absolute atomic E-state index is 0.0684. The van der Waals surface area contributed by atoms with Gasteiger partial charge in [0.2, 0.25) is 0 Å². The van der Waals surface area contributed by atoms with Gasteiger partial charge in [0.25, 0.3) is 0 Å². The molecule has 2 unspecified atom stereocenters. The number of rotatable bonds is 7. The number of para-hydroxylation sites is 2. The smallest absolute Gasteiger partial charge is 0.194 e. The predicted octanol–water partition coefficient (Wildman–Crippen LogP) is 3.33. The Morgan fingerprint density at radius 3 is 2.77 bits per heavy atom. The number of guanidine groups is 1. The lowest BCUT2D eigenvalue weighted by atomic mass is 10.1. The van der Waals surface area contributed by atoms with Crippen LogP contribution in [0.5, 0.6) is 11.5 Å². The lowest BCUT2D eigenvalue weighted by Crippen LogP contribution is -2.41. The summed E-state index contributed by atoms with van der Waals surface area (Å²) >= 11 is 0. The zero-order valence-electron chi connectivity index (χ0n) is 17.6. The fraction of sp³-hybridized carbons (Fsp3) is 0.458. The number of ether oxygens (including phenoxy) is 3. The van der Waals surface area contributed by atoms with Crippen LogP contribution in [0.4, 0.5) is 0 Å². The molecule has 0 bridgehead atoms. The van der Waals surface area contributed by atoms with Gasteiger partial charge in [-0.05, 0) is 31.0 Å². The third-order valence-corrected chi connectivity index (χ3v) is 5.40. The molecule has 2 aromatic rings. The van der Waals surface area contributed by atoms with Crippen molar-refractivity contribution >= 4 is 5.96 Å². The molecule has 0 amide bonds. The minimum atomic E-state index is -0.0684. The molecule has 30 heavy (non-hydrogen) atoms. The Bertz CT molecular complexity index is 827. The van der Waals surface area contributed by atoms with Crippen LogP contribution in [-0.4, -0.2) is 56.4 Å². The summed E-state index contributed by atoms with van der Waals surface area (Å²) in [6.45, 7) is 7.45. The number of hydrogen-bond donors (Lipinski definition) is 1. The number of nitrogens with one attached hydrogen (secondary N) is 1. The Morgan fingerprint density at radius 1 is 1.13 bits per heavy atom. The summed E-state index contributed by atoms with van der Waals surface area (Å²) in [6, 6.07) is 18.1. The van der Waals surface area contributed by atoms with Crippen LogP contribution < -0.4 is 14.8 Å². The monoisotopic (exact) mass is 409 g/mol. The topological polar surface area (TPSA) is 55.3 Å². The van der Waals surface area contributed by atoms with Crippen molar-refractivity contribution < 1.29 is 14.2 Å². The molecule has 2 aromatic carbocycles. The third kappa shape index (κ3) is 5.45. The number of nitrogens with zero attached hydrogens (tertiary/aromatic N) is 2. The highest BCUT2D eigenvalue weighted by Crippen LogP contribution is 2.30. The molecular formula is C24H31N3O3. The van der Waals surface area contributed by atoms with Crippen molar-refractivity contribution in [2.24, 2.45) is 10.9 Å². The van der Waals surface area contributed by atoms with E-state index in [1.165, 1.54) is 5.56 Å². The molecular weight excluding hydrogens is 378 g/mol. The lowest BCUT2D eigenvalue weighted by Gasteiger charge is -2.26. The lowest BCUT2D eigenvalue weighted by molar-refractivity contribution is 0.0905. The van der Waals surface area contributed by atoms with Crippen molar-refractivity contribution in [1.29, 1.82) is 0 Å². The second kappa shape index (κ2) is 10.3. The first-order chi connectivity index (χ1) is 14.8. The van der Waals surface area contributed by atoms with Gasteiger partial charge >= 0.3 is 0 Å². The van der Waals surface area contributed by atoms with E-state index in [-0.39, 0.29) is 6.10 Å². The van der Waals surface area contributed by atoms with Gasteiger partial charge in [-0.2, -0.15) is 0 Å². The van der Waals surface area contributed by atoms with Gasteiger partial charge in [0.05, 0.1) is 19.8 Å². The van der Waals surface area contributed by atoms with E-state index in [1.54, 1.807) is 0 Å². The summed E-state index contributed by atoms with van der Waals surface area (Å²) in [5.74, 6) is 3.08. The normalized spacial score (nSPS) is 21.0. The van der Waals surface area contributed by atoms with Crippen molar-refractivity contribution in [3.63, 3.8) is 0 Å². The van der Waals surface area contributed by atoms with Gasteiger partial charge in [-0.1, -0.05) is 42.5 Å². The number of aliphatic imine (C=N–C) groups is 1. The molecule has 2 atom stereocenters. The quantitative estimate of drug-likeness (QED) is 0.562. The van der Waals surface area contributed by atoms with Crippen LogP contribution in [-0.2, 0) is 11.3 Å². The van der Waals surface area contributed by atoms with E-state index in [0.717, 1.165) is 50.1 Å². The van der Waals surface area contributed by atoms with Crippen molar-refractivity contribution in [3.8, 4) is 11.5 Å². The largest absolute Gasteiger partial charge is 0.486 e. The van der Waals surface area contributed by atoms with Crippen LogP contribution in [0.1, 0.15) is 18.9 Å². The highest BCUT2D eigenvalue weighted by Gasteiger charge is 2.26. The maximum atomic E-state index is 6.04. The zero-order chi connectivity index (χ0) is 20.6. The third-order valence-electron chi connectivity index (χ3n) is 5.40. The van der Waals surface area contributed by atoms with Gasteiger partial charge in [-0.3, -0.25) is 0 Å². The van der Waals surface area contributed by atoms with Crippen LogP contribution in [0.2, 0.25) is 0 Å². The maximum Gasteiger partial charge on any atom is 0.194 e. The molecule has 2 heterocycles. The van der Waals surface area contributed by atoms with Crippen LogP contribution >= 0.6 is 0 Å². The van der Waals surface area contributed by atoms with Gasteiger partial charge < -0.3 is 24.4 Å². The zero-order valence-corrected chi connectivity index (χ0v) is 17.6. The van der Waals surface area contributed by atoms with E-state index in [2.05, 4.69) is 41.4 Å². The molecule has 0 radical (unpaired) electrons. The van der Waals surface area contributed by atoms with Crippen LogP contribution in [0.15, 0.2) is 59.6 Å². The summed E-state index contributed by atoms with van der Waals surface area (Å²) in [5, 5.41) is 3.42. The van der Waals surface area contributed by atoms with Crippen molar-refractivity contribution in [1.82, 2.24) is 10.2 Å². The first kappa shape index (κ1) is 20.5. The molecule has 1 fully saturated rings. The van der Waals surface area contributed by atoms with Gasteiger partial charge in [0.15, 0.2) is 23.6 Å². The standard InChI is InChI=1S/C24H31N3O3/c1-2-25-24(26-14-21-18-29-22-10-6-7-11-23(22)30-21)27-13-12-20(15-27)17-28-16-19-8-4-3-5-9-19/h3-11,20-21H,2,12-18H2,1H3,(H,25,26). The molecule has 1 saturated heterocycles. The van der Waals surface area contributed by atoms with Crippen molar-refractivity contribution in [2.45, 2.75) is 26.1 Å². The van der Waals surface area contributed by atoms with Gasteiger partial charge in [-0.15, -0.1) is 0 Å². The van der Waals surface area contributed by atoms with Gasteiger partial charge in [0.1, 0.15) is 6.61 Å². The van der Waals surface area contributed by atoms with Gasteiger partial charge in [-0.25, -0.2) is 4.99 Å². The molecule has 2 aliphatic heterocycles. The molecule has 6 heteroatoms. The van der Waals surface area contributed by atoms with Crippen molar-refractivity contribution in [3.05, 3.63) is 60.2 Å². The molecule has 2 aliphatic rings. The van der Waals surface area contributed by atoms with Gasteiger partial charge in [0, 0.05) is 25.6 Å². The first-order valence-corrected chi connectivity index (χ1v) is 10.8. The van der Waals surface area contributed by atoms with E-state index < -0.39 is 0 Å². The first-order valence-electron chi connectivity index (χ1n) is 10.8. The number of benzene rings is 2. The average molecular weight is 410 g/mol. The van der Waals surface area contributed by atoms with E-state index in [0.29, 0.717) is 25.7 Å². The Labute approximate surface area is 178 Å². The Morgan fingerprint density at radius 2 is 1.93 bits per heavy atom. The van der Waals surface area contributed by atoms with Crippen molar-refractivity contribution in [2.75, 3.05) is 39.4 Å². The Kier molecular flexibility index (Phi) is 7.08. The number of fused-ring (bicyclic) bond motifs is 1. The average Bonchev–Trinajstić information content (AvgIpc) is 3.26. The van der Waals surface area contributed by atoms with E-state index in [1.807, 2.05) is 30.3 Å². The highest BCUT2D eigenvalue weighted by atomic mass is 16.6. The van der Waals surface area contributed by atoms with E-state index in [4.69, 9.17) is 19.2 Å². The Balaban J connectivity index is 1.26. The Hall–Kier alpha value is -2.73. The highest BCUT2D eigenvalue weighted by molar-refractivity contribution is 5.80. The molecule has 160 valence electrons. The molecule has 4 rings (SSSR count). The molecule has 0 saturated carbocycles. The summed E-state index contributed by atoms with van der Waals surface area (Å²) in [4.78, 5) is 7.17. The summed E-state index contributed by atoms with van der Waals surface area (Å²) in [6.07, 6.45) is 1.05. The van der Waals surface area contributed by atoms with E-state index in [9.17, 15) is 0 Å². The minimum Gasteiger partial charge on any atom is -0.486 e. The second-order valence-electron chi connectivity index (χ2n) is 7.79. The van der Waals surface area contributed by atoms with E-state index >= 15 is 0 Å². The molecule has 6 nitrogen and oxygen atoms in total. The predicted molar refractivity (Wildman–Crippen MR) is 118 cm³/mol. The fourth-order valence-electron chi connectivity index (χ4n) is 3.85. The van der Waals surface area contributed by atoms with Crippen LogP contribution in [0.25, 0.3) is 0 Å².